The number of phenols is 1. The van der Waals surface area contributed by atoms with Crippen LogP contribution < -0.4 is 10.1 Å². The van der Waals surface area contributed by atoms with Gasteiger partial charge in [0.2, 0.25) is 0 Å². The van der Waals surface area contributed by atoms with E-state index < -0.39 is 0 Å². The Labute approximate surface area is 123 Å². The predicted molar refractivity (Wildman–Crippen MR) is 79.8 cm³/mol. The Bertz CT molecular complexity index is 656. The molecular formula is C17H17NO3. The number of nitrogens with one attached hydrogen (secondary N) is 1. The Morgan fingerprint density at radius 2 is 1.86 bits per heavy atom. The second kappa shape index (κ2) is 5.48. The van der Waals surface area contributed by atoms with E-state index in [0.29, 0.717) is 5.75 Å². The average molecular weight is 283 g/mol. The molecule has 0 bridgehead atoms. The zero-order valence-electron chi connectivity index (χ0n) is 11.8. The molecular weight excluding hydrogens is 266 g/mol. The summed E-state index contributed by atoms with van der Waals surface area (Å²) in [7, 11) is 1.52. The molecule has 108 valence electrons. The summed E-state index contributed by atoms with van der Waals surface area (Å²) in [5.41, 5.74) is 2.83. The van der Waals surface area contributed by atoms with Crippen LogP contribution in [0.15, 0.2) is 42.5 Å². The van der Waals surface area contributed by atoms with Crippen molar-refractivity contribution < 1.29 is 14.6 Å². The topological polar surface area (TPSA) is 58.6 Å². The van der Waals surface area contributed by atoms with Crippen LogP contribution in [0.1, 0.15) is 21.5 Å². The maximum absolute atomic E-state index is 12.3. The molecule has 1 aliphatic carbocycles. The van der Waals surface area contributed by atoms with E-state index >= 15 is 0 Å². The number of phenolic OH excluding ortho intramolecular Hbond substituents is 1. The maximum Gasteiger partial charge on any atom is 0.255 e. The molecule has 0 spiro atoms. The van der Waals surface area contributed by atoms with E-state index in [9.17, 15) is 9.90 Å². The van der Waals surface area contributed by atoms with Crippen molar-refractivity contribution in [3.8, 4) is 11.5 Å². The molecule has 0 unspecified atom stereocenters. The lowest BCUT2D eigenvalue weighted by Gasteiger charge is -2.13. The molecule has 2 aromatic rings. The summed E-state index contributed by atoms with van der Waals surface area (Å²) in [6.45, 7) is 0. The normalized spacial score (nSPS) is 13.8. The molecule has 4 nitrogen and oxygen atoms in total. The van der Waals surface area contributed by atoms with Crippen LogP contribution >= 0.6 is 0 Å². The molecule has 21 heavy (non-hydrogen) atoms. The Balaban J connectivity index is 1.71. The third kappa shape index (κ3) is 2.70. The molecule has 0 fully saturated rings. The number of ether oxygens (including phenoxy) is 1. The van der Waals surface area contributed by atoms with Crippen LogP contribution in [0.4, 0.5) is 0 Å². The van der Waals surface area contributed by atoms with E-state index in [1.165, 1.54) is 24.3 Å². The second-order valence-corrected chi connectivity index (χ2v) is 5.23. The van der Waals surface area contributed by atoms with Crippen molar-refractivity contribution in [3.05, 3.63) is 59.2 Å². The number of carbonyl (C=O) groups excluding carboxylic acids is 1. The van der Waals surface area contributed by atoms with Crippen molar-refractivity contribution in [3.63, 3.8) is 0 Å². The van der Waals surface area contributed by atoms with Gasteiger partial charge < -0.3 is 15.2 Å². The Hall–Kier alpha value is -2.49. The number of fused-ring (bicyclic) bond motifs is 1. The number of amides is 1. The van der Waals surface area contributed by atoms with Crippen molar-refractivity contribution in [1.82, 2.24) is 5.32 Å². The summed E-state index contributed by atoms with van der Waals surface area (Å²) in [5, 5.41) is 12.9. The molecule has 0 aliphatic heterocycles. The molecule has 3 rings (SSSR count). The molecule has 1 amide bonds. The Kier molecular flexibility index (Phi) is 3.52. The van der Waals surface area contributed by atoms with Gasteiger partial charge in [0, 0.05) is 12.1 Å². The smallest absolute Gasteiger partial charge is 0.255 e. The van der Waals surface area contributed by atoms with Crippen LogP contribution in [0.25, 0.3) is 0 Å². The number of hydrogen-bond acceptors (Lipinski definition) is 3. The molecule has 4 heteroatoms. The minimum atomic E-state index is -0.257. The van der Waals surface area contributed by atoms with E-state index in [2.05, 4.69) is 17.4 Å². The summed E-state index contributed by atoms with van der Waals surface area (Å²) in [6, 6.07) is 13.0. The van der Waals surface area contributed by atoms with E-state index in [-0.39, 0.29) is 23.3 Å². The Morgan fingerprint density at radius 1 is 1.19 bits per heavy atom. The van der Waals surface area contributed by atoms with E-state index in [1.807, 2.05) is 12.1 Å². The lowest BCUT2D eigenvalue weighted by Crippen LogP contribution is -2.35. The van der Waals surface area contributed by atoms with Gasteiger partial charge in [-0.3, -0.25) is 4.79 Å². The number of benzene rings is 2. The first-order valence-electron chi connectivity index (χ1n) is 6.92. The third-order valence-electron chi connectivity index (χ3n) is 3.84. The first kappa shape index (κ1) is 13.5. The number of hydrogen-bond donors (Lipinski definition) is 2. The van der Waals surface area contributed by atoms with E-state index in [4.69, 9.17) is 4.74 Å². The summed E-state index contributed by atoms with van der Waals surface area (Å²) in [5.74, 6) is 0.202. The highest BCUT2D eigenvalue weighted by molar-refractivity contribution is 5.97. The monoisotopic (exact) mass is 283 g/mol. The van der Waals surface area contributed by atoms with Crippen molar-refractivity contribution in [1.29, 1.82) is 0 Å². The van der Waals surface area contributed by atoms with Gasteiger partial charge >= 0.3 is 0 Å². The average Bonchev–Trinajstić information content (AvgIpc) is 2.88. The first-order valence-corrected chi connectivity index (χ1v) is 6.92. The highest BCUT2D eigenvalue weighted by Gasteiger charge is 2.23. The fourth-order valence-corrected chi connectivity index (χ4v) is 2.75. The van der Waals surface area contributed by atoms with Crippen LogP contribution in [-0.2, 0) is 12.8 Å². The molecule has 0 aromatic heterocycles. The fraction of sp³-hybridized carbons (Fsp3) is 0.235. The van der Waals surface area contributed by atoms with Crippen LogP contribution in [0.3, 0.4) is 0 Å². The second-order valence-electron chi connectivity index (χ2n) is 5.23. The van der Waals surface area contributed by atoms with E-state index in [1.54, 1.807) is 12.1 Å². The largest absolute Gasteiger partial charge is 0.507 e. The molecule has 0 atom stereocenters. The molecule has 0 saturated heterocycles. The van der Waals surface area contributed by atoms with Crippen molar-refractivity contribution >= 4 is 5.91 Å². The van der Waals surface area contributed by atoms with E-state index in [0.717, 1.165) is 12.8 Å². The van der Waals surface area contributed by atoms with Gasteiger partial charge in [-0.05, 0) is 36.1 Å². The minimum absolute atomic E-state index is 0.0673. The van der Waals surface area contributed by atoms with Crippen molar-refractivity contribution in [2.75, 3.05) is 7.11 Å². The SMILES string of the molecule is COc1ccc(C(=O)NC2Cc3ccccc3C2)c(O)c1. The van der Waals surface area contributed by atoms with Crippen LogP contribution in [0.5, 0.6) is 11.5 Å². The predicted octanol–water partition coefficient (Wildman–Crippen LogP) is 2.30. The minimum Gasteiger partial charge on any atom is -0.507 e. The zero-order chi connectivity index (χ0) is 14.8. The molecule has 2 N–H and O–H groups in total. The van der Waals surface area contributed by atoms with Crippen molar-refractivity contribution in [2.45, 2.75) is 18.9 Å². The maximum atomic E-state index is 12.3. The summed E-state index contributed by atoms with van der Waals surface area (Å²) >= 11 is 0. The van der Waals surface area contributed by atoms with Gasteiger partial charge in [-0.1, -0.05) is 24.3 Å². The van der Waals surface area contributed by atoms with Gasteiger partial charge in [-0.25, -0.2) is 0 Å². The molecule has 1 aliphatic rings. The van der Waals surface area contributed by atoms with Gasteiger partial charge in [-0.15, -0.1) is 0 Å². The molecule has 0 saturated carbocycles. The van der Waals surface area contributed by atoms with Crippen molar-refractivity contribution in [2.24, 2.45) is 0 Å². The van der Waals surface area contributed by atoms with Gasteiger partial charge in [0.15, 0.2) is 0 Å². The molecule has 2 aromatic carbocycles. The number of aromatic hydroxyl groups is 1. The highest BCUT2D eigenvalue weighted by Crippen LogP contribution is 2.25. The number of rotatable bonds is 3. The standard InChI is InChI=1S/C17H17NO3/c1-21-14-6-7-15(16(19)10-14)17(20)18-13-8-11-4-2-3-5-12(11)9-13/h2-7,10,13,19H,8-9H2,1H3,(H,18,20). The van der Waals surface area contributed by atoms with Gasteiger partial charge in [0.1, 0.15) is 11.5 Å². The van der Waals surface area contributed by atoms with Crippen LogP contribution in [0.2, 0.25) is 0 Å². The number of methoxy groups -OCH3 is 1. The lowest BCUT2D eigenvalue weighted by atomic mass is 10.1. The van der Waals surface area contributed by atoms with Gasteiger partial charge in [-0.2, -0.15) is 0 Å². The summed E-state index contributed by atoms with van der Waals surface area (Å²) < 4.78 is 5.01. The molecule has 0 heterocycles. The van der Waals surface area contributed by atoms with Crippen LogP contribution in [0, 0.1) is 0 Å². The molecule has 0 radical (unpaired) electrons. The quantitative estimate of drug-likeness (QED) is 0.908. The zero-order valence-corrected chi connectivity index (χ0v) is 11.8. The summed E-state index contributed by atoms with van der Waals surface area (Å²) in [6.07, 6.45) is 1.66. The van der Waals surface area contributed by atoms with Gasteiger partial charge in [0.05, 0.1) is 12.7 Å². The van der Waals surface area contributed by atoms with Gasteiger partial charge in [0.25, 0.3) is 5.91 Å². The number of carbonyl (C=O) groups is 1. The summed E-state index contributed by atoms with van der Waals surface area (Å²) in [4.78, 5) is 12.3. The lowest BCUT2D eigenvalue weighted by molar-refractivity contribution is 0.0936. The van der Waals surface area contributed by atoms with Crippen LogP contribution in [-0.4, -0.2) is 24.2 Å². The first-order chi connectivity index (χ1) is 10.2. The Morgan fingerprint density at radius 3 is 2.43 bits per heavy atom. The fourth-order valence-electron chi connectivity index (χ4n) is 2.75. The highest BCUT2D eigenvalue weighted by atomic mass is 16.5. The third-order valence-corrected chi connectivity index (χ3v) is 3.84.